The van der Waals surface area contributed by atoms with Crippen LogP contribution >= 0.6 is 15.9 Å². The topological polar surface area (TPSA) is 9.23 Å². The fourth-order valence-electron chi connectivity index (χ4n) is 0.904. The Kier molecular flexibility index (Phi) is 6.38. The standard InChI is InChI=1S/C12H25BrOSi/c1-7-11(8-9-13)10-14-15(5,6)12(2,3)4/h8H,7,9-10H2,1-6H3. The molecule has 0 aromatic carbocycles. The summed E-state index contributed by atoms with van der Waals surface area (Å²) in [7, 11) is -1.57. The predicted molar refractivity (Wildman–Crippen MR) is 75.3 cm³/mol. The van der Waals surface area contributed by atoms with Crippen molar-refractivity contribution in [2.45, 2.75) is 52.2 Å². The van der Waals surface area contributed by atoms with Crippen molar-refractivity contribution in [3.63, 3.8) is 0 Å². The van der Waals surface area contributed by atoms with E-state index < -0.39 is 8.32 Å². The average Bonchev–Trinajstić information content (AvgIpc) is 2.10. The Bertz CT molecular complexity index is 216. The minimum absolute atomic E-state index is 0.306. The molecular weight excluding hydrogens is 268 g/mol. The van der Waals surface area contributed by atoms with Gasteiger partial charge in [-0.3, -0.25) is 0 Å². The van der Waals surface area contributed by atoms with Gasteiger partial charge in [-0.05, 0) is 30.1 Å². The van der Waals surface area contributed by atoms with Gasteiger partial charge in [0.15, 0.2) is 8.32 Å². The van der Waals surface area contributed by atoms with Crippen LogP contribution in [0.15, 0.2) is 11.6 Å². The summed E-state index contributed by atoms with van der Waals surface area (Å²) < 4.78 is 6.15. The zero-order chi connectivity index (χ0) is 12.1. The van der Waals surface area contributed by atoms with E-state index in [9.17, 15) is 0 Å². The van der Waals surface area contributed by atoms with Gasteiger partial charge in [0, 0.05) is 5.33 Å². The molecule has 0 unspecified atom stereocenters. The second kappa shape index (κ2) is 6.21. The van der Waals surface area contributed by atoms with Crippen molar-refractivity contribution in [2.75, 3.05) is 11.9 Å². The van der Waals surface area contributed by atoms with Gasteiger partial charge in [-0.25, -0.2) is 0 Å². The summed E-state index contributed by atoms with van der Waals surface area (Å²) in [6.45, 7) is 14.4. The second-order valence-corrected chi connectivity index (χ2v) is 10.9. The fourth-order valence-corrected chi connectivity index (χ4v) is 2.34. The van der Waals surface area contributed by atoms with Gasteiger partial charge in [0.25, 0.3) is 0 Å². The lowest BCUT2D eigenvalue weighted by Crippen LogP contribution is -2.41. The maximum Gasteiger partial charge on any atom is 0.192 e. The first-order chi connectivity index (χ1) is 6.74. The third kappa shape index (κ3) is 5.32. The van der Waals surface area contributed by atoms with Crippen LogP contribution in [0.2, 0.25) is 18.1 Å². The van der Waals surface area contributed by atoms with Crippen LogP contribution in [0.4, 0.5) is 0 Å². The van der Waals surface area contributed by atoms with Crippen LogP contribution in [-0.2, 0) is 4.43 Å². The number of allylic oxidation sites excluding steroid dienone is 1. The van der Waals surface area contributed by atoms with Gasteiger partial charge in [0.05, 0.1) is 6.61 Å². The normalized spacial score (nSPS) is 14.5. The molecule has 0 aromatic heterocycles. The number of rotatable bonds is 5. The van der Waals surface area contributed by atoms with Gasteiger partial charge in [-0.1, -0.05) is 49.7 Å². The zero-order valence-corrected chi connectivity index (χ0v) is 13.6. The molecule has 0 radical (unpaired) electrons. The molecule has 90 valence electrons. The summed E-state index contributed by atoms with van der Waals surface area (Å²) in [6.07, 6.45) is 3.30. The molecule has 0 aliphatic heterocycles. The van der Waals surface area contributed by atoms with E-state index in [2.05, 4.69) is 62.8 Å². The summed E-state index contributed by atoms with van der Waals surface area (Å²) in [5.74, 6) is 0. The van der Waals surface area contributed by atoms with Crippen LogP contribution in [0.25, 0.3) is 0 Å². The van der Waals surface area contributed by atoms with Crippen molar-refractivity contribution in [3.8, 4) is 0 Å². The molecule has 3 heteroatoms. The van der Waals surface area contributed by atoms with E-state index >= 15 is 0 Å². The molecule has 0 fully saturated rings. The van der Waals surface area contributed by atoms with E-state index in [4.69, 9.17) is 4.43 Å². The molecule has 0 aromatic rings. The van der Waals surface area contributed by atoms with E-state index in [1.807, 2.05) is 0 Å². The molecule has 1 nitrogen and oxygen atoms in total. The smallest absolute Gasteiger partial charge is 0.192 e. The highest BCUT2D eigenvalue weighted by Crippen LogP contribution is 2.36. The van der Waals surface area contributed by atoms with Crippen LogP contribution in [0.3, 0.4) is 0 Å². The lowest BCUT2D eigenvalue weighted by Gasteiger charge is -2.36. The van der Waals surface area contributed by atoms with Gasteiger partial charge in [0.1, 0.15) is 0 Å². The van der Waals surface area contributed by atoms with E-state index in [1.165, 1.54) is 5.57 Å². The summed E-state index contributed by atoms with van der Waals surface area (Å²) in [5, 5.41) is 1.23. The minimum Gasteiger partial charge on any atom is -0.413 e. The third-order valence-corrected chi connectivity index (χ3v) is 8.05. The maximum atomic E-state index is 6.15. The maximum absolute atomic E-state index is 6.15. The molecule has 0 atom stereocenters. The molecule has 0 saturated heterocycles. The summed E-state index contributed by atoms with van der Waals surface area (Å²) in [5.41, 5.74) is 1.40. The Morgan fingerprint density at radius 3 is 2.20 bits per heavy atom. The molecule has 0 heterocycles. The first-order valence-electron chi connectivity index (χ1n) is 5.62. The first kappa shape index (κ1) is 15.4. The molecule has 0 N–H and O–H groups in total. The molecule has 0 spiro atoms. The first-order valence-corrected chi connectivity index (χ1v) is 9.65. The summed E-state index contributed by atoms with van der Waals surface area (Å²) >= 11 is 3.43. The number of alkyl halides is 1. The fraction of sp³-hybridized carbons (Fsp3) is 0.833. The van der Waals surface area contributed by atoms with Crippen LogP contribution in [0, 0.1) is 0 Å². The Labute approximate surface area is 105 Å². The lowest BCUT2D eigenvalue weighted by molar-refractivity contribution is 0.315. The Balaban J connectivity index is 4.31. The van der Waals surface area contributed by atoms with E-state index in [-0.39, 0.29) is 0 Å². The van der Waals surface area contributed by atoms with Gasteiger partial charge in [0.2, 0.25) is 0 Å². The van der Waals surface area contributed by atoms with Crippen molar-refractivity contribution >= 4 is 24.2 Å². The predicted octanol–water partition coefficient (Wildman–Crippen LogP) is 4.74. The number of halogens is 1. The second-order valence-electron chi connectivity index (χ2n) is 5.42. The molecule has 0 aliphatic carbocycles. The Morgan fingerprint density at radius 2 is 1.87 bits per heavy atom. The zero-order valence-electron chi connectivity index (χ0n) is 11.0. The molecule has 0 bridgehead atoms. The molecule has 0 saturated carbocycles. The van der Waals surface area contributed by atoms with E-state index in [0.29, 0.717) is 5.04 Å². The average molecular weight is 293 g/mol. The van der Waals surface area contributed by atoms with Crippen molar-refractivity contribution in [1.82, 2.24) is 0 Å². The SMILES string of the molecule is CCC(=CCBr)CO[Si](C)(C)C(C)(C)C. The number of hydrogen-bond donors (Lipinski definition) is 0. The van der Waals surface area contributed by atoms with Crippen molar-refractivity contribution < 1.29 is 4.43 Å². The van der Waals surface area contributed by atoms with Crippen LogP contribution in [0.1, 0.15) is 34.1 Å². The van der Waals surface area contributed by atoms with Gasteiger partial charge in [-0.15, -0.1) is 0 Å². The minimum atomic E-state index is -1.57. The van der Waals surface area contributed by atoms with Crippen molar-refractivity contribution in [3.05, 3.63) is 11.6 Å². The van der Waals surface area contributed by atoms with Gasteiger partial charge >= 0.3 is 0 Å². The highest BCUT2D eigenvalue weighted by atomic mass is 79.9. The Morgan fingerprint density at radius 1 is 1.33 bits per heavy atom. The molecule has 0 rings (SSSR count). The molecule has 0 amide bonds. The molecular formula is C12H25BrOSi. The quantitative estimate of drug-likeness (QED) is 0.404. The molecule has 15 heavy (non-hydrogen) atoms. The van der Waals surface area contributed by atoms with Crippen LogP contribution in [-0.4, -0.2) is 20.3 Å². The highest BCUT2D eigenvalue weighted by molar-refractivity contribution is 9.09. The van der Waals surface area contributed by atoms with Crippen molar-refractivity contribution in [1.29, 1.82) is 0 Å². The number of hydrogen-bond acceptors (Lipinski definition) is 1. The third-order valence-electron chi connectivity index (χ3n) is 3.24. The summed E-state index contributed by atoms with van der Waals surface area (Å²) in [4.78, 5) is 0. The van der Waals surface area contributed by atoms with Gasteiger partial charge < -0.3 is 4.43 Å². The highest BCUT2D eigenvalue weighted by Gasteiger charge is 2.36. The van der Waals surface area contributed by atoms with Crippen molar-refractivity contribution in [2.24, 2.45) is 0 Å². The molecule has 0 aliphatic rings. The van der Waals surface area contributed by atoms with E-state index in [1.54, 1.807) is 0 Å². The van der Waals surface area contributed by atoms with Crippen LogP contribution in [0.5, 0.6) is 0 Å². The Hall–Kier alpha value is 0.397. The summed E-state index contributed by atoms with van der Waals surface area (Å²) in [6, 6.07) is 0. The largest absolute Gasteiger partial charge is 0.413 e. The lowest BCUT2D eigenvalue weighted by atomic mass is 10.2. The van der Waals surface area contributed by atoms with Crippen LogP contribution < -0.4 is 0 Å². The van der Waals surface area contributed by atoms with E-state index in [0.717, 1.165) is 18.4 Å². The monoisotopic (exact) mass is 292 g/mol. The van der Waals surface area contributed by atoms with Gasteiger partial charge in [-0.2, -0.15) is 0 Å².